The molecule has 122 valence electrons. The number of benzene rings is 1. The number of rotatable bonds is 3. The van der Waals surface area contributed by atoms with Crippen molar-refractivity contribution in [3.05, 3.63) is 50.9 Å². The number of hydrogen-bond acceptors (Lipinski definition) is 4. The average Bonchev–Trinajstić information content (AvgIpc) is 2.80. The zero-order valence-electron chi connectivity index (χ0n) is 11.9. The highest BCUT2D eigenvalue weighted by atomic mass is 35.5. The van der Waals surface area contributed by atoms with Gasteiger partial charge in [0.25, 0.3) is 0 Å². The summed E-state index contributed by atoms with van der Waals surface area (Å²) < 4.78 is 20.6. The van der Waals surface area contributed by atoms with Gasteiger partial charge in [0.1, 0.15) is 11.6 Å². The molecule has 9 heteroatoms. The number of halogens is 2. The van der Waals surface area contributed by atoms with E-state index in [-0.39, 0.29) is 11.6 Å². The molecule has 3 rings (SSSR count). The van der Waals surface area contributed by atoms with Gasteiger partial charge in [-0.25, -0.2) is 23.2 Å². The zero-order chi connectivity index (χ0) is 16.6. The van der Waals surface area contributed by atoms with Crippen molar-refractivity contribution >= 4 is 17.8 Å². The lowest BCUT2D eigenvalue weighted by molar-refractivity contribution is 0.00392. The molecule has 1 aromatic heterocycles. The van der Waals surface area contributed by atoms with Crippen molar-refractivity contribution < 1.29 is 19.0 Å². The van der Waals surface area contributed by atoms with Crippen LogP contribution in [0.2, 0.25) is 5.02 Å². The molecule has 0 aliphatic carbocycles. The summed E-state index contributed by atoms with van der Waals surface area (Å²) >= 11 is 5.63. The SMILES string of the molecule is O=C(O)O[C@H]1CCCc2nn(Cc3ccc(Cl)c(F)c3)c(=O)n21. The first-order valence-corrected chi connectivity index (χ1v) is 7.35. The summed E-state index contributed by atoms with van der Waals surface area (Å²) in [4.78, 5) is 23.2. The van der Waals surface area contributed by atoms with Crippen LogP contribution in [0.5, 0.6) is 0 Å². The molecule has 0 spiro atoms. The van der Waals surface area contributed by atoms with E-state index >= 15 is 0 Å². The van der Waals surface area contributed by atoms with E-state index in [1.165, 1.54) is 21.4 Å². The number of aromatic nitrogens is 3. The fourth-order valence-corrected chi connectivity index (χ4v) is 2.75. The van der Waals surface area contributed by atoms with Gasteiger partial charge in [0, 0.05) is 12.8 Å². The molecule has 1 aromatic carbocycles. The van der Waals surface area contributed by atoms with Crippen molar-refractivity contribution in [2.45, 2.75) is 32.0 Å². The van der Waals surface area contributed by atoms with E-state index in [9.17, 15) is 14.0 Å². The van der Waals surface area contributed by atoms with Gasteiger partial charge in [0.15, 0.2) is 6.23 Å². The predicted octanol–water partition coefficient (Wildman–Crippen LogP) is 2.42. The molecule has 23 heavy (non-hydrogen) atoms. The van der Waals surface area contributed by atoms with Crippen molar-refractivity contribution in [3.63, 3.8) is 0 Å². The third kappa shape index (κ3) is 3.07. The number of nitrogens with zero attached hydrogens (tertiary/aromatic N) is 3. The first kappa shape index (κ1) is 15.5. The minimum Gasteiger partial charge on any atom is -0.450 e. The average molecular weight is 342 g/mol. The number of ether oxygens (including phenoxy) is 1. The highest BCUT2D eigenvalue weighted by Gasteiger charge is 2.28. The second kappa shape index (κ2) is 6.04. The van der Waals surface area contributed by atoms with Gasteiger partial charge in [-0.2, -0.15) is 5.10 Å². The van der Waals surface area contributed by atoms with Gasteiger partial charge in [-0.1, -0.05) is 17.7 Å². The largest absolute Gasteiger partial charge is 0.507 e. The topological polar surface area (TPSA) is 86.3 Å². The molecule has 2 heterocycles. The smallest absolute Gasteiger partial charge is 0.450 e. The third-order valence-electron chi connectivity index (χ3n) is 3.63. The number of carbonyl (C=O) groups is 1. The van der Waals surface area contributed by atoms with Gasteiger partial charge in [-0.3, -0.25) is 0 Å². The molecule has 1 N–H and O–H groups in total. The van der Waals surface area contributed by atoms with E-state index in [4.69, 9.17) is 21.4 Å². The molecule has 0 unspecified atom stereocenters. The van der Waals surface area contributed by atoms with E-state index in [1.807, 2.05) is 0 Å². The molecule has 0 saturated heterocycles. The molecular weight excluding hydrogens is 329 g/mol. The molecule has 2 aromatic rings. The van der Waals surface area contributed by atoms with Gasteiger partial charge >= 0.3 is 11.8 Å². The first-order valence-electron chi connectivity index (χ1n) is 6.97. The maximum atomic E-state index is 13.5. The van der Waals surface area contributed by atoms with Gasteiger partial charge in [0.2, 0.25) is 0 Å². The van der Waals surface area contributed by atoms with Gasteiger partial charge in [-0.05, 0) is 24.1 Å². The summed E-state index contributed by atoms with van der Waals surface area (Å²) in [5.41, 5.74) is 0.0430. The second-order valence-corrected chi connectivity index (χ2v) is 5.61. The molecular formula is C14H13ClFN3O4. The number of aryl methyl sites for hydroxylation is 1. The number of hydrogen-bond donors (Lipinski definition) is 1. The normalized spacial score (nSPS) is 16.9. The van der Waals surface area contributed by atoms with E-state index in [0.29, 0.717) is 30.7 Å². The van der Waals surface area contributed by atoms with Crippen molar-refractivity contribution in [2.75, 3.05) is 0 Å². The fraction of sp³-hybridized carbons (Fsp3) is 0.357. The van der Waals surface area contributed by atoms with Gasteiger partial charge in [0.05, 0.1) is 11.6 Å². The molecule has 1 atom stereocenters. The molecule has 0 saturated carbocycles. The van der Waals surface area contributed by atoms with Crippen molar-refractivity contribution in [1.29, 1.82) is 0 Å². The summed E-state index contributed by atoms with van der Waals surface area (Å²) in [6.07, 6.45) is -0.678. The van der Waals surface area contributed by atoms with E-state index in [0.717, 1.165) is 0 Å². The predicted molar refractivity (Wildman–Crippen MR) is 78.1 cm³/mol. The van der Waals surface area contributed by atoms with Crippen molar-refractivity contribution in [3.8, 4) is 0 Å². The van der Waals surface area contributed by atoms with Crippen molar-refractivity contribution in [2.24, 2.45) is 0 Å². The Morgan fingerprint density at radius 3 is 3.00 bits per heavy atom. The summed E-state index contributed by atoms with van der Waals surface area (Å²) in [7, 11) is 0. The van der Waals surface area contributed by atoms with Crippen LogP contribution in [-0.2, 0) is 17.7 Å². The van der Waals surface area contributed by atoms with E-state index in [2.05, 4.69) is 5.10 Å². The van der Waals surface area contributed by atoms with E-state index in [1.54, 1.807) is 6.07 Å². The van der Waals surface area contributed by atoms with Gasteiger partial charge in [-0.15, -0.1) is 0 Å². The summed E-state index contributed by atoms with van der Waals surface area (Å²) in [6.45, 7) is 0.0622. The summed E-state index contributed by atoms with van der Waals surface area (Å²) in [6, 6.07) is 4.24. The van der Waals surface area contributed by atoms with Crippen LogP contribution >= 0.6 is 11.6 Å². The molecule has 1 aliphatic rings. The Morgan fingerprint density at radius 1 is 1.52 bits per heavy atom. The fourth-order valence-electron chi connectivity index (χ4n) is 2.63. The Bertz CT molecular complexity index is 817. The quantitative estimate of drug-likeness (QED) is 0.866. The van der Waals surface area contributed by atoms with Gasteiger partial charge < -0.3 is 9.84 Å². The highest BCUT2D eigenvalue weighted by Crippen LogP contribution is 2.23. The Balaban J connectivity index is 1.93. The van der Waals surface area contributed by atoms with Crippen LogP contribution in [0.3, 0.4) is 0 Å². The molecule has 0 radical (unpaired) electrons. The van der Waals surface area contributed by atoms with Crippen LogP contribution in [0.1, 0.15) is 30.5 Å². The monoisotopic (exact) mass is 341 g/mol. The first-order chi connectivity index (χ1) is 11.0. The highest BCUT2D eigenvalue weighted by molar-refractivity contribution is 6.30. The van der Waals surface area contributed by atoms with Crippen LogP contribution in [-0.4, -0.2) is 25.6 Å². The maximum absolute atomic E-state index is 13.5. The zero-order valence-corrected chi connectivity index (χ0v) is 12.7. The van der Waals surface area contributed by atoms with Crippen LogP contribution in [0.15, 0.2) is 23.0 Å². The minimum absolute atomic E-state index is 0.000143. The second-order valence-electron chi connectivity index (χ2n) is 5.21. The third-order valence-corrected chi connectivity index (χ3v) is 3.94. The van der Waals surface area contributed by atoms with Crippen LogP contribution in [0.4, 0.5) is 9.18 Å². The van der Waals surface area contributed by atoms with Crippen LogP contribution in [0, 0.1) is 5.82 Å². The lowest BCUT2D eigenvalue weighted by atomic mass is 10.1. The summed E-state index contributed by atoms with van der Waals surface area (Å²) in [5.74, 6) is -0.116. The Hall–Kier alpha value is -2.35. The number of carboxylic acid groups (broad SMARTS) is 1. The minimum atomic E-state index is -1.44. The lowest BCUT2D eigenvalue weighted by Gasteiger charge is -2.21. The Morgan fingerprint density at radius 2 is 2.30 bits per heavy atom. The number of fused-ring (bicyclic) bond motifs is 1. The molecule has 0 fully saturated rings. The van der Waals surface area contributed by atoms with E-state index < -0.39 is 23.9 Å². The lowest BCUT2D eigenvalue weighted by Crippen LogP contribution is -2.33. The standard InChI is InChI=1S/C14H13ClFN3O4/c15-9-5-4-8(6-10(9)16)7-18-13(20)19-11(17-18)2-1-3-12(19)23-14(21)22/h4-6,12H,1-3,7H2,(H,21,22)/t12-/m0/s1. The Labute approximate surface area is 134 Å². The van der Waals surface area contributed by atoms with Crippen LogP contribution < -0.4 is 5.69 Å². The maximum Gasteiger partial charge on any atom is 0.507 e. The molecule has 7 nitrogen and oxygen atoms in total. The molecule has 0 bridgehead atoms. The molecule has 1 aliphatic heterocycles. The summed E-state index contributed by atoms with van der Waals surface area (Å²) in [5, 5.41) is 13.0. The van der Waals surface area contributed by atoms with Crippen LogP contribution in [0.25, 0.3) is 0 Å². The molecule has 0 amide bonds. The Kier molecular flexibility index (Phi) is 4.08. The van der Waals surface area contributed by atoms with Crippen molar-refractivity contribution in [1.82, 2.24) is 14.3 Å².